The smallest absolute Gasteiger partial charge is 0.0510 e. The van der Waals surface area contributed by atoms with E-state index in [4.69, 9.17) is 15.3 Å². The Labute approximate surface area is 61.2 Å². The summed E-state index contributed by atoms with van der Waals surface area (Å²) < 4.78 is 4.91. The van der Waals surface area contributed by atoms with Crippen LogP contribution in [0, 0.1) is 5.41 Å². The van der Waals surface area contributed by atoms with Gasteiger partial charge in [0, 0.05) is 7.11 Å². The molecule has 0 aliphatic carbocycles. The third-order valence-corrected chi connectivity index (χ3v) is 0.577. The van der Waals surface area contributed by atoms with Crippen LogP contribution in [0.4, 0.5) is 0 Å². The highest BCUT2D eigenvalue weighted by Crippen LogP contribution is 2.11. The van der Waals surface area contributed by atoms with E-state index in [2.05, 4.69) is 25.8 Å². The Bertz CT molecular complexity index is 57.3. The van der Waals surface area contributed by atoms with Crippen LogP contribution in [-0.4, -0.2) is 24.2 Å². The van der Waals surface area contributed by atoms with Crippen LogP contribution in [0.5, 0.6) is 0 Å². The van der Waals surface area contributed by atoms with E-state index < -0.39 is 0 Å². The lowest BCUT2D eigenvalue weighted by atomic mass is 9.99. The zero-order chi connectivity index (χ0) is 8.62. The van der Waals surface area contributed by atoms with E-state index in [9.17, 15) is 0 Å². The first-order valence-corrected chi connectivity index (χ1v) is 2.92. The molecule has 0 saturated carbocycles. The van der Waals surface area contributed by atoms with Gasteiger partial charge < -0.3 is 4.74 Å². The third kappa shape index (κ3) is 24.9. The molecule has 0 radical (unpaired) electrons. The van der Waals surface area contributed by atoms with Gasteiger partial charge in [-0.25, -0.2) is 10.5 Å². The monoisotopic (exact) mass is 152 g/mol. The Morgan fingerprint density at radius 1 is 1.20 bits per heavy atom. The number of hydrogen-bond acceptors (Lipinski definition) is 4. The minimum absolute atomic E-state index is 0.328. The van der Waals surface area contributed by atoms with Crippen LogP contribution in [-0.2, 0) is 9.78 Å². The molecule has 0 atom stereocenters. The molecule has 10 heavy (non-hydrogen) atoms. The van der Waals surface area contributed by atoms with Gasteiger partial charge in [-0.3, -0.25) is 0 Å². The third-order valence-electron chi connectivity index (χ3n) is 0.577. The SMILES string of the molecule is COCC(C)(C)C.OOO. The second kappa shape index (κ2) is 6.95. The van der Waals surface area contributed by atoms with E-state index in [0.717, 1.165) is 6.61 Å². The van der Waals surface area contributed by atoms with Gasteiger partial charge in [-0.1, -0.05) is 25.8 Å². The van der Waals surface area contributed by atoms with Crippen molar-refractivity contribution in [2.75, 3.05) is 13.7 Å². The Balaban J connectivity index is 0. The van der Waals surface area contributed by atoms with Gasteiger partial charge >= 0.3 is 0 Å². The van der Waals surface area contributed by atoms with Gasteiger partial charge in [-0.05, 0) is 5.41 Å². The molecule has 0 aromatic heterocycles. The van der Waals surface area contributed by atoms with Crippen molar-refractivity contribution in [3.63, 3.8) is 0 Å². The molecule has 2 N–H and O–H groups in total. The Kier molecular flexibility index (Phi) is 8.70. The fourth-order valence-corrected chi connectivity index (χ4v) is 0.433. The summed E-state index contributed by atoms with van der Waals surface area (Å²) in [5, 5.41) is 15.5. The summed E-state index contributed by atoms with van der Waals surface area (Å²) in [6.07, 6.45) is 0. The van der Waals surface area contributed by atoms with E-state index in [1.807, 2.05) is 0 Å². The van der Waals surface area contributed by atoms with Crippen LogP contribution < -0.4 is 0 Å². The van der Waals surface area contributed by atoms with Gasteiger partial charge in [0.1, 0.15) is 0 Å². The minimum Gasteiger partial charge on any atom is -0.384 e. The first-order chi connectivity index (χ1) is 4.47. The van der Waals surface area contributed by atoms with Crippen LogP contribution >= 0.6 is 0 Å². The van der Waals surface area contributed by atoms with E-state index in [0.29, 0.717) is 5.41 Å². The summed E-state index contributed by atoms with van der Waals surface area (Å²) in [5.74, 6) is 0. The summed E-state index contributed by atoms with van der Waals surface area (Å²) >= 11 is 0. The molecule has 4 nitrogen and oxygen atoms in total. The molecule has 0 bridgehead atoms. The molecule has 4 heteroatoms. The highest BCUT2D eigenvalue weighted by Gasteiger charge is 2.07. The lowest BCUT2D eigenvalue weighted by Crippen LogP contribution is -2.12. The second-order valence-corrected chi connectivity index (χ2v) is 3.08. The molecule has 64 valence electrons. The van der Waals surface area contributed by atoms with Gasteiger partial charge in [0.15, 0.2) is 0 Å². The van der Waals surface area contributed by atoms with Crippen LogP contribution in [0.25, 0.3) is 0 Å². The first-order valence-electron chi connectivity index (χ1n) is 2.92. The van der Waals surface area contributed by atoms with E-state index >= 15 is 0 Å². The number of rotatable bonds is 1. The normalized spacial score (nSPS) is 10.2. The standard InChI is InChI=1S/C6H14O.H2O3/c1-6(2,3)5-7-4;1-3-2/h5H2,1-4H3;1-2H. The van der Waals surface area contributed by atoms with E-state index in [-0.39, 0.29) is 0 Å². The zero-order valence-electron chi connectivity index (χ0n) is 6.92. The first kappa shape index (κ1) is 12.5. The molecule has 0 heterocycles. The maximum absolute atomic E-state index is 6.62. The van der Waals surface area contributed by atoms with Gasteiger partial charge in [-0.2, -0.15) is 0 Å². The van der Waals surface area contributed by atoms with Gasteiger partial charge in [0.05, 0.1) is 6.61 Å². The predicted molar refractivity (Wildman–Crippen MR) is 37.7 cm³/mol. The number of methoxy groups -OCH3 is 1. The predicted octanol–water partition coefficient (Wildman–Crippen LogP) is 1.63. The Morgan fingerprint density at radius 3 is 1.50 bits per heavy atom. The molecule has 0 saturated heterocycles. The quantitative estimate of drug-likeness (QED) is 0.443. The van der Waals surface area contributed by atoms with Gasteiger partial charge in [0.2, 0.25) is 0 Å². The van der Waals surface area contributed by atoms with Gasteiger partial charge in [0.25, 0.3) is 0 Å². The van der Waals surface area contributed by atoms with Crippen molar-refractivity contribution in [2.45, 2.75) is 20.8 Å². The highest BCUT2D eigenvalue weighted by atomic mass is 17.4. The van der Waals surface area contributed by atoms with Crippen molar-refractivity contribution in [1.82, 2.24) is 0 Å². The van der Waals surface area contributed by atoms with Crippen molar-refractivity contribution in [1.29, 1.82) is 0 Å². The number of hydrogen-bond donors (Lipinski definition) is 2. The van der Waals surface area contributed by atoms with Crippen molar-refractivity contribution in [3.05, 3.63) is 0 Å². The van der Waals surface area contributed by atoms with Crippen molar-refractivity contribution in [2.24, 2.45) is 5.41 Å². The van der Waals surface area contributed by atoms with Crippen molar-refractivity contribution < 1.29 is 20.3 Å². The van der Waals surface area contributed by atoms with Crippen LogP contribution in [0.1, 0.15) is 20.8 Å². The second-order valence-electron chi connectivity index (χ2n) is 3.08. The Morgan fingerprint density at radius 2 is 1.50 bits per heavy atom. The number of ether oxygens (including phenoxy) is 1. The fraction of sp³-hybridized carbons (Fsp3) is 1.00. The topological polar surface area (TPSA) is 58.9 Å². The zero-order valence-corrected chi connectivity index (χ0v) is 6.92. The average Bonchev–Trinajstić information content (AvgIpc) is 1.63. The summed E-state index contributed by atoms with van der Waals surface area (Å²) in [6.45, 7) is 7.29. The van der Waals surface area contributed by atoms with Crippen LogP contribution in [0.2, 0.25) is 0 Å². The Hall–Kier alpha value is -0.160. The van der Waals surface area contributed by atoms with Crippen molar-refractivity contribution >= 4 is 0 Å². The average molecular weight is 152 g/mol. The van der Waals surface area contributed by atoms with Crippen LogP contribution in [0.3, 0.4) is 0 Å². The largest absolute Gasteiger partial charge is 0.384 e. The van der Waals surface area contributed by atoms with E-state index in [1.165, 1.54) is 0 Å². The lowest BCUT2D eigenvalue weighted by Gasteiger charge is -2.15. The highest BCUT2D eigenvalue weighted by molar-refractivity contribution is 4.57. The maximum Gasteiger partial charge on any atom is 0.0510 e. The molecular weight excluding hydrogens is 136 g/mol. The molecule has 0 aliphatic rings. The summed E-state index contributed by atoms with van der Waals surface area (Å²) in [7, 11) is 1.73. The minimum atomic E-state index is 0.328. The molecule has 0 spiro atoms. The molecule has 0 fully saturated rings. The van der Waals surface area contributed by atoms with Crippen molar-refractivity contribution in [3.8, 4) is 0 Å². The van der Waals surface area contributed by atoms with Gasteiger partial charge in [-0.15, -0.1) is 0 Å². The summed E-state index contributed by atoms with van der Waals surface area (Å²) in [4.78, 5) is 0. The van der Waals surface area contributed by atoms with E-state index in [1.54, 1.807) is 7.11 Å². The molecule has 0 aliphatic heterocycles. The summed E-state index contributed by atoms with van der Waals surface area (Å²) in [6, 6.07) is 0. The molecule has 0 rings (SSSR count). The summed E-state index contributed by atoms with van der Waals surface area (Å²) in [5.41, 5.74) is 0.328. The fourth-order valence-electron chi connectivity index (χ4n) is 0.433. The molecule has 0 aromatic carbocycles. The van der Waals surface area contributed by atoms with Crippen LogP contribution in [0.15, 0.2) is 0 Å². The molecule has 0 unspecified atom stereocenters. The lowest BCUT2D eigenvalue weighted by molar-refractivity contribution is -0.465. The molecular formula is C6H16O4. The molecule has 0 aromatic rings. The maximum atomic E-state index is 6.62. The molecule has 0 amide bonds.